The minimum Gasteiger partial charge on any atom is -0.457 e. The molecule has 4 rings (SSSR count). The summed E-state index contributed by atoms with van der Waals surface area (Å²) in [4.78, 5) is 32.3. The molecule has 0 unspecified atom stereocenters. The van der Waals surface area contributed by atoms with Gasteiger partial charge in [0.2, 0.25) is 5.91 Å². The molecule has 0 saturated carbocycles. The predicted octanol–water partition coefficient (Wildman–Crippen LogP) is 5.76. The van der Waals surface area contributed by atoms with Crippen LogP contribution in [0.15, 0.2) is 67.0 Å². The molecule has 0 aliphatic heterocycles. The molecule has 9 heteroatoms. The summed E-state index contributed by atoms with van der Waals surface area (Å²) in [5.41, 5.74) is 1.74. The zero-order valence-electron chi connectivity index (χ0n) is 17.4. The average Bonchev–Trinajstić information content (AvgIpc) is 2.79. The number of halogens is 2. The van der Waals surface area contributed by atoms with Crippen molar-refractivity contribution in [2.75, 3.05) is 10.6 Å². The van der Waals surface area contributed by atoms with Gasteiger partial charge in [-0.2, -0.15) is 0 Å². The van der Waals surface area contributed by atoms with Crippen molar-refractivity contribution >= 4 is 45.8 Å². The van der Waals surface area contributed by atoms with E-state index >= 15 is 0 Å². The number of hydrogen-bond acceptors (Lipinski definition) is 5. The number of aromatic nitrogens is 2. The molecule has 0 fully saturated rings. The summed E-state index contributed by atoms with van der Waals surface area (Å²) in [6.45, 7) is 0.665. The number of amides is 2. The minimum absolute atomic E-state index is 0.234. The van der Waals surface area contributed by atoms with Crippen molar-refractivity contribution in [2.24, 2.45) is 0 Å². The van der Waals surface area contributed by atoms with Crippen LogP contribution in [0.3, 0.4) is 0 Å². The van der Waals surface area contributed by atoms with Crippen LogP contribution in [0.1, 0.15) is 22.8 Å². The topological polar surface area (TPSA) is 93.2 Å². The van der Waals surface area contributed by atoms with Gasteiger partial charge in [-0.1, -0.05) is 11.6 Å². The molecule has 2 amide bonds. The molecular weight excluding hydrogens is 447 g/mol. The Hall–Kier alpha value is -4.04. The van der Waals surface area contributed by atoms with Crippen LogP contribution in [0.25, 0.3) is 10.9 Å². The lowest BCUT2D eigenvalue weighted by Gasteiger charge is -2.10. The number of anilines is 2. The fourth-order valence-electron chi connectivity index (χ4n) is 3.11. The zero-order valence-corrected chi connectivity index (χ0v) is 18.2. The van der Waals surface area contributed by atoms with Gasteiger partial charge >= 0.3 is 0 Å². The molecule has 0 aliphatic rings. The van der Waals surface area contributed by atoms with E-state index in [1.165, 1.54) is 31.5 Å². The lowest BCUT2D eigenvalue weighted by atomic mass is 10.1. The first-order valence-electron chi connectivity index (χ1n) is 9.88. The fourth-order valence-corrected chi connectivity index (χ4v) is 3.28. The van der Waals surface area contributed by atoms with E-state index in [1.54, 1.807) is 42.5 Å². The summed E-state index contributed by atoms with van der Waals surface area (Å²) in [6, 6.07) is 14.8. The SMILES string of the molecule is CC(=O)Nc1cc(Oc2ccc3ncc(C(=O)Nc4ccc(Cl)c(CF)c4)cc3c2)ccn1. The van der Waals surface area contributed by atoms with Gasteiger partial charge in [0.25, 0.3) is 5.91 Å². The molecule has 2 aromatic carbocycles. The number of ether oxygens (including phenoxy) is 1. The Labute approximate surface area is 193 Å². The third-order valence-electron chi connectivity index (χ3n) is 4.63. The van der Waals surface area contributed by atoms with Crippen LogP contribution in [0.2, 0.25) is 5.02 Å². The Morgan fingerprint density at radius 3 is 2.61 bits per heavy atom. The van der Waals surface area contributed by atoms with Crippen molar-refractivity contribution in [2.45, 2.75) is 13.6 Å². The zero-order chi connectivity index (χ0) is 23.4. The first kappa shape index (κ1) is 22.2. The summed E-state index contributed by atoms with van der Waals surface area (Å²) < 4.78 is 18.9. The van der Waals surface area contributed by atoms with Crippen molar-refractivity contribution in [3.05, 3.63) is 83.1 Å². The lowest BCUT2D eigenvalue weighted by Crippen LogP contribution is -2.12. The first-order chi connectivity index (χ1) is 15.9. The Morgan fingerprint density at radius 2 is 1.82 bits per heavy atom. The molecule has 0 bridgehead atoms. The van der Waals surface area contributed by atoms with E-state index in [-0.39, 0.29) is 5.91 Å². The Bertz CT molecular complexity index is 1360. The third kappa shape index (κ3) is 5.42. The van der Waals surface area contributed by atoms with Gasteiger partial charge in [-0.25, -0.2) is 9.37 Å². The minimum atomic E-state index is -0.730. The van der Waals surface area contributed by atoms with Crippen LogP contribution in [-0.2, 0) is 11.5 Å². The summed E-state index contributed by atoms with van der Waals surface area (Å²) in [5.74, 6) is 0.756. The van der Waals surface area contributed by atoms with Crippen LogP contribution >= 0.6 is 11.6 Å². The highest BCUT2D eigenvalue weighted by atomic mass is 35.5. The van der Waals surface area contributed by atoms with Crippen molar-refractivity contribution in [1.29, 1.82) is 0 Å². The number of pyridine rings is 2. The normalized spacial score (nSPS) is 10.6. The number of benzene rings is 2. The molecule has 166 valence electrons. The van der Waals surface area contributed by atoms with Crippen molar-refractivity contribution in [1.82, 2.24) is 9.97 Å². The first-order valence-corrected chi connectivity index (χ1v) is 10.3. The highest BCUT2D eigenvalue weighted by Gasteiger charge is 2.11. The van der Waals surface area contributed by atoms with Crippen LogP contribution in [0.4, 0.5) is 15.9 Å². The van der Waals surface area contributed by atoms with E-state index in [4.69, 9.17) is 16.3 Å². The van der Waals surface area contributed by atoms with E-state index in [2.05, 4.69) is 20.6 Å². The molecule has 0 aliphatic carbocycles. The molecule has 33 heavy (non-hydrogen) atoms. The average molecular weight is 465 g/mol. The predicted molar refractivity (Wildman–Crippen MR) is 125 cm³/mol. The second kappa shape index (κ2) is 9.62. The monoisotopic (exact) mass is 464 g/mol. The van der Waals surface area contributed by atoms with Crippen molar-refractivity contribution in [3.8, 4) is 11.5 Å². The van der Waals surface area contributed by atoms with Gasteiger partial charge in [0, 0.05) is 47.0 Å². The van der Waals surface area contributed by atoms with Gasteiger partial charge in [0.1, 0.15) is 24.0 Å². The number of rotatable bonds is 6. The summed E-state index contributed by atoms with van der Waals surface area (Å²) in [5, 5.41) is 6.31. The summed E-state index contributed by atoms with van der Waals surface area (Å²) >= 11 is 5.92. The number of nitrogens with one attached hydrogen (secondary N) is 2. The van der Waals surface area contributed by atoms with Crippen LogP contribution < -0.4 is 15.4 Å². The molecule has 0 spiro atoms. The standard InChI is InChI=1S/C24H18ClFN4O3/c1-14(31)29-23-11-20(6-7-27-23)33-19-3-5-22-15(10-19)8-17(13-28-22)24(32)30-18-2-4-21(25)16(9-18)12-26/h2-11,13H,12H2,1H3,(H,30,32)(H,27,29,31). The molecule has 0 saturated heterocycles. The molecule has 0 radical (unpaired) electrons. The van der Waals surface area contributed by atoms with Crippen molar-refractivity contribution in [3.63, 3.8) is 0 Å². The van der Waals surface area contributed by atoms with E-state index < -0.39 is 12.6 Å². The number of fused-ring (bicyclic) bond motifs is 1. The van der Waals surface area contributed by atoms with E-state index in [9.17, 15) is 14.0 Å². The number of carbonyl (C=O) groups is 2. The molecule has 0 atom stereocenters. The number of nitrogens with zero attached hydrogens (tertiary/aromatic N) is 2. The van der Waals surface area contributed by atoms with Gasteiger partial charge in [0.15, 0.2) is 0 Å². The van der Waals surface area contributed by atoms with Gasteiger partial charge in [0.05, 0.1) is 11.1 Å². The number of alkyl halides is 1. The highest BCUT2D eigenvalue weighted by Crippen LogP contribution is 2.27. The second-order valence-corrected chi connectivity index (χ2v) is 7.54. The largest absolute Gasteiger partial charge is 0.457 e. The fraction of sp³-hybridized carbons (Fsp3) is 0.0833. The maximum absolute atomic E-state index is 13.0. The maximum Gasteiger partial charge on any atom is 0.257 e. The van der Waals surface area contributed by atoms with Gasteiger partial charge < -0.3 is 15.4 Å². The van der Waals surface area contributed by atoms with Crippen LogP contribution in [0.5, 0.6) is 11.5 Å². The van der Waals surface area contributed by atoms with E-state index in [1.807, 2.05) is 0 Å². The third-order valence-corrected chi connectivity index (χ3v) is 5.00. The Morgan fingerprint density at radius 1 is 1.00 bits per heavy atom. The lowest BCUT2D eigenvalue weighted by molar-refractivity contribution is -0.114. The molecular formula is C24H18ClFN4O3. The van der Waals surface area contributed by atoms with Gasteiger partial charge in [-0.15, -0.1) is 0 Å². The van der Waals surface area contributed by atoms with Gasteiger partial charge in [-0.3, -0.25) is 14.6 Å². The molecule has 2 aromatic heterocycles. The Balaban J connectivity index is 1.55. The molecule has 4 aromatic rings. The van der Waals surface area contributed by atoms with Crippen LogP contribution in [0, 0.1) is 0 Å². The smallest absolute Gasteiger partial charge is 0.257 e. The van der Waals surface area contributed by atoms with E-state index in [0.29, 0.717) is 50.1 Å². The molecule has 7 nitrogen and oxygen atoms in total. The van der Waals surface area contributed by atoms with Crippen LogP contribution in [-0.4, -0.2) is 21.8 Å². The second-order valence-electron chi connectivity index (χ2n) is 7.13. The van der Waals surface area contributed by atoms with Gasteiger partial charge in [-0.05, 0) is 48.5 Å². The van der Waals surface area contributed by atoms with E-state index in [0.717, 1.165) is 0 Å². The molecule has 2 N–H and O–H groups in total. The quantitative estimate of drug-likeness (QED) is 0.378. The van der Waals surface area contributed by atoms with Crippen molar-refractivity contribution < 1.29 is 18.7 Å². The summed E-state index contributed by atoms with van der Waals surface area (Å²) in [6.07, 6.45) is 2.99. The summed E-state index contributed by atoms with van der Waals surface area (Å²) in [7, 11) is 0. The maximum atomic E-state index is 13.0. The molecule has 2 heterocycles. The Kier molecular flexibility index (Phi) is 6.46. The highest BCUT2D eigenvalue weighted by molar-refractivity contribution is 6.31. The number of hydrogen-bond donors (Lipinski definition) is 2. The number of carbonyl (C=O) groups excluding carboxylic acids is 2.